The molecular weight excluding hydrogens is 370 g/mol. The molecule has 0 bridgehead atoms. The molecule has 8 nitrogen and oxygen atoms in total. The molecule has 1 fully saturated rings. The number of amides is 1. The van der Waals surface area contributed by atoms with E-state index in [2.05, 4.69) is 26.7 Å². The molecule has 1 amide bonds. The van der Waals surface area contributed by atoms with Gasteiger partial charge in [0.2, 0.25) is 5.91 Å². The van der Waals surface area contributed by atoms with E-state index in [0.717, 1.165) is 11.3 Å². The van der Waals surface area contributed by atoms with Crippen LogP contribution in [0.2, 0.25) is 0 Å². The Morgan fingerprint density at radius 3 is 2.76 bits per heavy atom. The van der Waals surface area contributed by atoms with Gasteiger partial charge in [0, 0.05) is 44.1 Å². The fraction of sp³-hybridized carbons (Fsp3) is 0.286. The Balaban J connectivity index is 1.65. The van der Waals surface area contributed by atoms with Crippen LogP contribution >= 0.6 is 0 Å². The van der Waals surface area contributed by atoms with Crippen molar-refractivity contribution in [3.05, 3.63) is 48.1 Å². The first-order valence-corrected chi connectivity index (χ1v) is 9.32. The largest absolute Gasteiger partial charge is 0.494 e. The number of ether oxygens (including phenoxy) is 1. The molecule has 1 aromatic carbocycles. The summed E-state index contributed by atoms with van der Waals surface area (Å²) in [5.74, 6) is 6.86. The molecule has 0 radical (unpaired) electrons. The lowest BCUT2D eigenvalue weighted by molar-refractivity contribution is -0.129. The molecule has 0 saturated carbocycles. The van der Waals surface area contributed by atoms with Crippen molar-refractivity contribution in [3.63, 3.8) is 0 Å². The van der Waals surface area contributed by atoms with E-state index in [4.69, 9.17) is 14.9 Å². The number of hydrogen-bond acceptors (Lipinski definition) is 7. The van der Waals surface area contributed by atoms with Crippen LogP contribution in [0.3, 0.4) is 0 Å². The Bertz CT molecular complexity index is 1080. The summed E-state index contributed by atoms with van der Waals surface area (Å²) in [6.07, 6.45) is 3.38. The van der Waals surface area contributed by atoms with Crippen molar-refractivity contribution in [2.45, 2.75) is 0 Å². The van der Waals surface area contributed by atoms with Gasteiger partial charge in [-0.25, -0.2) is 0 Å². The topological polar surface area (TPSA) is 97.7 Å². The van der Waals surface area contributed by atoms with Crippen LogP contribution in [-0.2, 0) is 4.79 Å². The summed E-state index contributed by atoms with van der Waals surface area (Å²) in [7, 11) is 1.60. The van der Waals surface area contributed by atoms with Gasteiger partial charge in [0.25, 0.3) is 5.89 Å². The normalized spacial score (nSPS) is 13.9. The first-order valence-electron chi connectivity index (χ1n) is 9.32. The van der Waals surface area contributed by atoms with Crippen molar-refractivity contribution in [1.29, 1.82) is 0 Å². The van der Waals surface area contributed by atoms with Gasteiger partial charge in [-0.1, -0.05) is 5.92 Å². The van der Waals surface area contributed by atoms with Crippen molar-refractivity contribution in [1.82, 2.24) is 14.9 Å². The number of hydrogen-bond donors (Lipinski definition) is 1. The minimum Gasteiger partial charge on any atom is -0.494 e. The Hall–Kier alpha value is -3.57. The molecule has 8 heteroatoms. The minimum absolute atomic E-state index is 0.0304. The minimum atomic E-state index is -0.0304. The molecule has 0 atom stereocenters. The lowest BCUT2D eigenvalue weighted by Gasteiger charge is -2.35. The highest BCUT2D eigenvalue weighted by Gasteiger charge is 2.24. The number of carbonyl (C=O) groups is 1. The second-order valence-electron chi connectivity index (χ2n) is 6.55. The molecule has 0 spiro atoms. The van der Waals surface area contributed by atoms with Crippen LogP contribution in [0.4, 0.5) is 5.69 Å². The van der Waals surface area contributed by atoms with E-state index in [-0.39, 0.29) is 12.5 Å². The zero-order chi connectivity index (χ0) is 20.2. The number of rotatable bonds is 3. The number of carbonyl (C=O) groups excluding carboxylic acids is 1. The van der Waals surface area contributed by atoms with Crippen LogP contribution in [0.5, 0.6) is 5.75 Å². The highest BCUT2D eigenvalue weighted by atomic mass is 16.5. The third kappa shape index (κ3) is 3.86. The van der Waals surface area contributed by atoms with Crippen LogP contribution in [-0.4, -0.2) is 60.6 Å². The highest BCUT2D eigenvalue weighted by molar-refractivity contribution is 5.92. The number of anilines is 1. The smallest absolute Gasteiger partial charge is 0.274 e. The predicted molar refractivity (Wildman–Crippen MR) is 109 cm³/mol. The van der Waals surface area contributed by atoms with Gasteiger partial charge in [0.15, 0.2) is 11.1 Å². The molecule has 1 aliphatic heterocycles. The van der Waals surface area contributed by atoms with Gasteiger partial charge in [-0.2, -0.15) is 4.98 Å². The number of methoxy groups -OCH3 is 1. The fourth-order valence-corrected chi connectivity index (χ4v) is 3.33. The van der Waals surface area contributed by atoms with E-state index in [9.17, 15) is 4.79 Å². The maximum absolute atomic E-state index is 11.8. The van der Waals surface area contributed by atoms with Crippen molar-refractivity contribution < 1.29 is 13.9 Å². The van der Waals surface area contributed by atoms with E-state index < -0.39 is 0 Å². The van der Waals surface area contributed by atoms with Crippen LogP contribution < -0.4 is 15.4 Å². The lowest BCUT2D eigenvalue weighted by Crippen LogP contribution is -2.50. The van der Waals surface area contributed by atoms with Crippen LogP contribution in [0.1, 0.15) is 11.5 Å². The lowest BCUT2D eigenvalue weighted by atomic mass is 10.2. The maximum atomic E-state index is 11.8. The van der Waals surface area contributed by atoms with E-state index in [1.165, 1.54) is 0 Å². The van der Waals surface area contributed by atoms with Crippen LogP contribution in [0.25, 0.3) is 11.1 Å². The number of nitrogens with zero attached hydrogens (tertiary/aromatic N) is 4. The average molecular weight is 391 g/mol. The fourth-order valence-electron chi connectivity index (χ4n) is 3.33. The quantitative estimate of drug-likeness (QED) is 0.671. The summed E-state index contributed by atoms with van der Waals surface area (Å²) in [5.41, 5.74) is 8.40. The van der Waals surface area contributed by atoms with Crippen molar-refractivity contribution >= 4 is 22.7 Å². The zero-order valence-corrected chi connectivity index (χ0v) is 16.1. The van der Waals surface area contributed by atoms with Gasteiger partial charge in [0.05, 0.1) is 19.3 Å². The number of nitrogens with two attached hydrogens (primary N) is 1. The Kier molecular flexibility index (Phi) is 5.31. The molecule has 2 N–H and O–H groups in total. The molecule has 1 saturated heterocycles. The molecule has 2 aromatic heterocycles. The van der Waals surface area contributed by atoms with Crippen molar-refractivity contribution in [2.24, 2.45) is 5.73 Å². The van der Waals surface area contributed by atoms with Gasteiger partial charge in [0.1, 0.15) is 5.75 Å². The Morgan fingerprint density at radius 1 is 1.24 bits per heavy atom. The molecule has 0 unspecified atom stereocenters. The number of piperazine rings is 1. The molecule has 3 heterocycles. The summed E-state index contributed by atoms with van der Waals surface area (Å²) in [6, 6.07) is 7.52. The summed E-state index contributed by atoms with van der Waals surface area (Å²) in [5, 5.41) is 0. The number of fused-ring (bicyclic) bond motifs is 1. The molecule has 29 heavy (non-hydrogen) atoms. The van der Waals surface area contributed by atoms with Gasteiger partial charge in [-0.3, -0.25) is 9.78 Å². The third-order valence-electron chi connectivity index (χ3n) is 4.83. The number of aromatic nitrogens is 2. The van der Waals surface area contributed by atoms with E-state index in [0.29, 0.717) is 48.9 Å². The second kappa shape index (κ2) is 8.20. The number of benzene rings is 1. The van der Waals surface area contributed by atoms with Gasteiger partial charge in [-0.05, 0) is 30.2 Å². The average Bonchev–Trinajstić information content (AvgIpc) is 3.21. The van der Waals surface area contributed by atoms with Crippen molar-refractivity contribution in [3.8, 4) is 17.6 Å². The molecule has 148 valence electrons. The first-order chi connectivity index (χ1) is 14.2. The van der Waals surface area contributed by atoms with Gasteiger partial charge in [-0.15, -0.1) is 0 Å². The van der Waals surface area contributed by atoms with Crippen molar-refractivity contribution in [2.75, 3.05) is 44.7 Å². The molecule has 3 aromatic rings. The van der Waals surface area contributed by atoms with Crippen LogP contribution in [0.15, 0.2) is 41.1 Å². The maximum Gasteiger partial charge on any atom is 0.274 e. The Morgan fingerprint density at radius 2 is 2.07 bits per heavy atom. The SMILES string of the molecule is COc1ccc(N2CCN(C(=O)CN)CC2)c2oc(C#Cc3cccnc3)nc12. The van der Waals surface area contributed by atoms with E-state index in [1.807, 2.05) is 24.3 Å². The van der Waals surface area contributed by atoms with Crippen LogP contribution in [0, 0.1) is 11.8 Å². The first kappa shape index (κ1) is 18.8. The van der Waals surface area contributed by atoms with Gasteiger partial charge < -0.3 is 24.7 Å². The summed E-state index contributed by atoms with van der Waals surface area (Å²) < 4.78 is 11.4. The molecule has 4 rings (SSSR count). The highest BCUT2D eigenvalue weighted by Crippen LogP contribution is 2.34. The summed E-state index contributed by atoms with van der Waals surface area (Å²) in [4.78, 5) is 24.3. The standard InChI is InChI=1S/C21H21N5O3/c1-28-17-6-5-16(25-9-11-26(12-10-25)19(27)13-22)21-20(17)24-18(29-21)7-4-15-3-2-8-23-14-15/h2-3,5-6,8,14H,9-13,22H2,1H3. The molecule has 1 aliphatic rings. The molecule has 0 aliphatic carbocycles. The van der Waals surface area contributed by atoms with E-state index in [1.54, 1.807) is 24.4 Å². The Labute approximate surface area is 168 Å². The predicted octanol–water partition coefficient (Wildman–Crippen LogP) is 1.24. The molecular formula is C21H21N5O3. The zero-order valence-electron chi connectivity index (χ0n) is 16.1. The second-order valence-corrected chi connectivity index (χ2v) is 6.55. The van der Waals surface area contributed by atoms with Gasteiger partial charge >= 0.3 is 0 Å². The number of pyridine rings is 1. The third-order valence-corrected chi connectivity index (χ3v) is 4.83. The van der Waals surface area contributed by atoms with E-state index >= 15 is 0 Å². The summed E-state index contributed by atoms with van der Waals surface area (Å²) in [6.45, 7) is 2.64. The summed E-state index contributed by atoms with van der Waals surface area (Å²) >= 11 is 0. The monoisotopic (exact) mass is 391 g/mol. The number of oxazole rings is 1.